The van der Waals surface area contributed by atoms with E-state index in [4.69, 9.17) is 4.74 Å². The number of hydrogen-bond donors (Lipinski definition) is 1. The number of para-hydroxylation sites is 2. The van der Waals surface area contributed by atoms with Crippen molar-refractivity contribution in [2.75, 3.05) is 11.9 Å². The number of ether oxygens (including phenoxy) is 2. The molecule has 0 bridgehead atoms. The summed E-state index contributed by atoms with van der Waals surface area (Å²) < 4.78 is 34.0. The van der Waals surface area contributed by atoms with Gasteiger partial charge in [-0.3, -0.25) is 4.79 Å². The zero-order valence-electron chi connectivity index (χ0n) is 14.4. The highest BCUT2D eigenvalue weighted by Crippen LogP contribution is 2.24. The summed E-state index contributed by atoms with van der Waals surface area (Å²) in [6.07, 6.45) is 0. The van der Waals surface area contributed by atoms with Gasteiger partial charge in [0.15, 0.2) is 6.61 Å². The summed E-state index contributed by atoms with van der Waals surface area (Å²) >= 11 is 0. The molecule has 5 nitrogen and oxygen atoms in total. The summed E-state index contributed by atoms with van der Waals surface area (Å²) in [5, 5.41) is 2.68. The topological polar surface area (TPSA) is 64.6 Å². The molecule has 0 radical (unpaired) electrons. The third kappa shape index (κ3) is 5.27. The van der Waals surface area contributed by atoms with Crippen molar-refractivity contribution in [2.45, 2.75) is 26.4 Å². The molecule has 138 valence electrons. The van der Waals surface area contributed by atoms with Gasteiger partial charge in [-0.25, -0.2) is 4.79 Å². The lowest BCUT2D eigenvalue weighted by molar-refractivity contribution is -0.119. The SMILES string of the molecule is CC(C)c1ccccc1NC(=O)COC(=O)c1ccccc1OC(F)F. The van der Waals surface area contributed by atoms with E-state index in [1.807, 2.05) is 26.0 Å². The van der Waals surface area contributed by atoms with Crippen LogP contribution >= 0.6 is 0 Å². The fourth-order valence-corrected chi connectivity index (χ4v) is 2.34. The average molecular weight is 363 g/mol. The zero-order chi connectivity index (χ0) is 19.1. The summed E-state index contributed by atoms with van der Waals surface area (Å²) in [5.41, 5.74) is 1.40. The van der Waals surface area contributed by atoms with E-state index in [0.717, 1.165) is 5.56 Å². The molecule has 0 atom stereocenters. The van der Waals surface area contributed by atoms with E-state index >= 15 is 0 Å². The Bertz CT molecular complexity index is 778. The van der Waals surface area contributed by atoms with Crippen molar-refractivity contribution in [2.24, 2.45) is 0 Å². The smallest absolute Gasteiger partial charge is 0.387 e. The lowest BCUT2D eigenvalue weighted by Crippen LogP contribution is -2.22. The quantitative estimate of drug-likeness (QED) is 0.749. The van der Waals surface area contributed by atoms with Gasteiger partial charge in [-0.1, -0.05) is 44.2 Å². The minimum atomic E-state index is -3.07. The number of rotatable bonds is 7. The Balaban J connectivity index is 1.99. The molecule has 0 heterocycles. The number of carbonyl (C=O) groups excluding carboxylic acids is 2. The number of hydrogen-bond acceptors (Lipinski definition) is 4. The van der Waals surface area contributed by atoms with Crippen LogP contribution in [-0.4, -0.2) is 25.1 Å². The predicted molar refractivity (Wildman–Crippen MR) is 92.5 cm³/mol. The summed E-state index contributed by atoms with van der Waals surface area (Å²) in [6.45, 7) is 0.365. The Hall–Kier alpha value is -2.96. The molecular formula is C19H19F2NO4. The van der Waals surface area contributed by atoms with Crippen LogP contribution < -0.4 is 10.1 Å². The van der Waals surface area contributed by atoms with E-state index in [-0.39, 0.29) is 17.2 Å². The van der Waals surface area contributed by atoms with Crippen molar-refractivity contribution in [3.05, 3.63) is 59.7 Å². The standard InChI is InChI=1S/C19H19F2NO4/c1-12(2)13-7-3-5-9-15(13)22-17(23)11-25-18(24)14-8-4-6-10-16(14)26-19(20)21/h3-10,12,19H,11H2,1-2H3,(H,22,23). The maximum atomic E-state index is 12.4. The van der Waals surface area contributed by atoms with Crippen LogP contribution in [0.5, 0.6) is 5.75 Å². The number of carbonyl (C=O) groups is 2. The van der Waals surface area contributed by atoms with Crippen molar-refractivity contribution < 1.29 is 27.8 Å². The van der Waals surface area contributed by atoms with E-state index in [1.54, 1.807) is 12.1 Å². The molecular weight excluding hydrogens is 344 g/mol. The van der Waals surface area contributed by atoms with Crippen LogP contribution in [-0.2, 0) is 9.53 Å². The highest BCUT2D eigenvalue weighted by molar-refractivity contribution is 5.97. The minimum Gasteiger partial charge on any atom is -0.452 e. The Morgan fingerprint density at radius 3 is 2.38 bits per heavy atom. The van der Waals surface area contributed by atoms with Crippen LogP contribution in [0.3, 0.4) is 0 Å². The molecule has 0 fully saturated rings. The maximum absolute atomic E-state index is 12.4. The molecule has 1 N–H and O–H groups in total. The van der Waals surface area contributed by atoms with Crippen molar-refractivity contribution >= 4 is 17.6 Å². The van der Waals surface area contributed by atoms with E-state index < -0.39 is 25.1 Å². The van der Waals surface area contributed by atoms with E-state index in [1.165, 1.54) is 24.3 Å². The fraction of sp³-hybridized carbons (Fsp3) is 0.263. The number of halogens is 2. The number of anilines is 1. The first-order chi connectivity index (χ1) is 12.4. The third-order valence-electron chi connectivity index (χ3n) is 3.51. The molecule has 0 aliphatic rings. The Labute approximate surface area is 149 Å². The predicted octanol–water partition coefficient (Wildman–Crippen LogP) is 4.21. The highest BCUT2D eigenvalue weighted by Gasteiger charge is 2.18. The van der Waals surface area contributed by atoms with Gasteiger partial charge in [-0.05, 0) is 29.7 Å². The molecule has 7 heteroatoms. The van der Waals surface area contributed by atoms with Gasteiger partial charge < -0.3 is 14.8 Å². The summed E-state index contributed by atoms with van der Waals surface area (Å²) in [4.78, 5) is 24.1. The first-order valence-electron chi connectivity index (χ1n) is 7.98. The van der Waals surface area contributed by atoms with Gasteiger partial charge in [0.1, 0.15) is 11.3 Å². The molecule has 2 rings (SSSR count). The summed E-state index contributed by atoms with van der Waals surface area (Å²) in [7, 11) is 0. The summed E-state index contributed by atoms with van der Waals surface area (Å²) in [6, 6.07) is 12.7. The number of amides is 1. The molecule has 2 aromatic rings. The van der Waals surface area contributed by atoms with Crippen molar-refractivity contribution in [3.8, 4) is 5.75 Å². The number of alkyl halides is 2. The number of benzene rings is 2. The Morgan fingerprint density at radius 1 is 1.04 bits per heavy atom. The van der Waals surface area contributed by atoms with Gasteiger partial charge in [0, 0.05) is 5.69 Å². The molecule has 0 unspecified atom stereocenters. The lowest BCUT2D eigenvalue weighted by Gasteiger charge is -2.14. The molecule has 0 spiro atoms. The van der Waals surface area contributed by atoms with Crippen LogP contribution in [0.4, 0.5) is 14.5 Å². The molecule has 0 saturated heterocycles. The second-order valence-electron chi connectivity index (χ2n) is 5.74. The van der Waals surface area contributed by atoms with E-state index in [9.17, 15) is 18.4 Å². The second kappa shape index (κ2) is 8.94. The first kappa shape index (κ1) is 19.4. The zero-order valence-corrected chi connectivity index (χ0v) is 14.4. The van der Waals surface area contributed by atoms with E-state index in [0.29, 0.717) is 5.69 Å². The van der Waals surface area contributed by atoms with Gasteiger partial charge in [0.25, 0.3) is 5.91 Å². The van der Waals surface area contributed by atoms with Crippen LogP contribution in [0, 0.1) is 0 Å². The molecule has 26 heavy (non-hydrogen) atoms. The minimum absolute atomic E-state index is 0.178. The van der Waals surface area contributed by atoms with Crippen molar-refractivity contribution in [1.82, 2.24) is 0 Å². The second-order valence-corrected chi connectivity index (χ2v) is 5.74. The highest BCUT2D eigenvalue weighted by atomic mass is 19.3. The fourth-order valence-electron chi connectivity index (χ4n) is 2.34. The van der Waals surface area contributed by atoms with Gasteiger partial charge in [-0.15, -0.1) is 0 Å². The lowest BCUT2D eigenvalue weighted by atomic mass is 10.0. The number of nitrogens with one attached hydrogen (secondary N) is 1. The van der Waals surface area contributed by atoms with Gasteiger partial charge >= 0.3 is 12.6 Å². The Kier molecular flexibility index (Phi) is 6.66. The van der Waals surface area contributed by atoms with Crippen LogP contribution in [0.1, 0.15) is 35.7 Å². The van der Waals surface area contributed by atoms with Gasteiger partial charge in [0.05, 0.1) is 0 Å². The van der Waals surface area contributed by atoms with Gasteiger partial charge in [-0.2, -0.15) is 8.78 Å². The first-order valence-corrected chi connectivity index (χ1v) is 7.98. The Morgan fingerprint density at radius 2 is 1.69 bits per heavy atom. The average Bonchev–Trinajstić information content (AvgIpc) is 2.60. The molecule has 1 amide bonds. The maximum Gasteiger partial charge on any atom is 0.387 e. The van der Waals surface area contributed by atoms with E-state index in [2.05, 4.69) is 10.1 Å². The van der Waals surface area contributed by atoms with Crippen molar-refractivity contribution in [1.29, 1.82) is 0 Å². The van der Waals surface area contributed by atoms with Gasteiger partial charge in [0.2, 0.25) is 0 Å². The molecule has 0 saturated carbocycles. The van der Waals surface area contributed by atoms with Crippen LogP contribution in [0.25, 0.3) is 0 Å². The number of esters is 1. The largest absolute Gasteiger partial charge is 0.452 e. The summed E-state index contributed by atoms with van der Waals surface area (Å²) in [5.74, 6) is -1.56. The van der Waals surface area contributed by atoms with Crippen molar-refractivity contribution in [3.63, 3.8) is 0 Å². The monoisotopic (exact) mass is 363 g/mol. The molecule has 0 aliphatic heterocycles. The molecule has 2 aromatic carbocycles. The van der Waals surface area contributed by atoms with Crippen LogP contribution in [0.15, 0.2) is 48.5 Å². The normalized spacial score (nSPS) is 10.7. The molecule has 0 aromatic heterocycles. The van der Waals surface area contributed by atoms with Crippen LogP contribution in [0.2, 0.25) is 0 Å². The third-order valence-corrected chi connectivity index (χ3v) is 3.51. The molecule has 0 aliphatic carbocycles.